The molecule has 0 saturated carbocycles. The van der Waals surface area contributed by atoms with Crippen molar-refractivity contribution in [1.82, 2.24) is 39.9 Å². The first-order chi connectivity index (χ1) is 40.8. The molecule has 0 N–H and O–H groups in total. The van der Waals surface area contributed by atoms with Crippen LogP contribution < -0.4 is 0 Å². The van der Waals surface area contributed by atoms with Gasteiger partial charge < -0.3 is 0 Å². The topological polar surface area (TPSA) is 103 Å². The number of nitrogens with zero attached hydrogens (tertiary/aromatic N) is 8. The number of hydrogen-bond acceptors (Lipinski definition) is 8. The summed E-state index contributed by atoms with van der Waals surface area (Å²) in [5.74, 6) is 0. The molecule has 0 fully saturated rings. The van der Waals surface area contributed by atoms with Crippen LogP contribution in [0.5, 0.6) is 0 Å². The molecule has 8 nitrogen and oxygen atoms in total. The van der Waals surface area contributed by atoms with Gasteiger partial charge in [-0.3, -0.25) is 19.9 Å². The largest absolute Gasteiger partial charge is 0.261 e. The van der Waals surface area contributed by atoms with E-state index in [0.29, 0.717) is 0 Å². The van der Waals surface area contributed by atoms with Crippen molar-refractivity contribution in [3.63, 3.8) is 0 Å². The van der Waals surface area contributed by atoms with Crippen LogP contribution in [0.4, 0.5) is 0 Å². The van der Waals surface area contributed by atoms with Crippen LogP contribution in [0, 0.1) is 0 Å². The molecule has 0 bridgehead atoms. The summed E-state index contributed by atoms with van der Waals surface area (Å²) in [6, 6.07) is 74.5. The van der Waals surface area contributed by atoms with Crippen LogP contribution in [0.3, 0.4) is 0 Å². The fourth-order valence-electron chi connectivity index (χ4n) is 13.1. The first-order valence-electron chi connectivity index (χ1n) is 28.0. The monoisotopic (exact) mass is 1060 g/mol. The van der Waals surface area contributed by atoms with Gasteiger partial charge in [0.15, 0.2) is 0 Å². The van der Waals surface area contributed by atoms with E-state index in [-0.39, 0.29) is 5.41 Å². The maximum absolute atomic E-state index is 5.63. The SMILES string of the molecule is CC1(C)c2cc(-c3ccc4ccc5ccc(-c6ccc(-c7cnccn7)cc6)nc5c4n3)ccc2-c2ccc(-c3cc4ccc(-c5cccc(-c6cnccn6)c5)nc4c4nc(-c5ccc6c(c5)-c5cccc7cccc-6c57)ccc34)cc21. The van der Waals surface area contributed by atoms with Crippen LogP contribution in [0.15, 0.2) is 243 Å². The predicted octanol–water partition coefficient (Wildman–Crippen LogP) is 18.2. The Labute approximate surface area is 477 Å². The van der Waals surface area contributed by atoms with Gasteiger partial charge in [-0.15, -0.1) is 0 Å². The lowest BCUT2D eigenvalue weighted by atomic mass is 9.80. The molecule has 8 heteroatoms. The van der Waals surface area contributed by atoms with E-state index in [1.807, 2.05) is 0 Å². The Kier molecular flexibility index (Phi) is 10.2. The van der Waals surface area contributed by atoms with E-state index >= 15 is 0 Å². The Morgan fingerprint density at radius 2 is 0.735 bits per heavy atom. The highest BCUT2D eigenvalue weighted by Crippen LogP contribution is 2.52. The van der Waals surface area contributed by atoms with Gasteiger partial charge in [-0.1, -0.05) is 159 Å². The van der Waals surface area contributed by atoms with Crippen molar-refractivity contribution in [3.05, 3.63) is 255 Å². The van der Waals surface area contributed by atoms with Crippen LogP contribution in [0.1, 0.15) is 25.0 Å². The third-order valence-electron chi connectivity index (χ3n) is 17.3. The molecule has 83 heavy (non-hydrogen) atoms. The standard InChI is InChI=1S/C75H46N8/c1-75(2)62-39-48(18-25-55(62)56-26-20-52(40-63(56)75)66-29-22-47-17-16-46-21-28-64(80-71(46)72(47)81-66)43-12-14-44(15-13-43)68-41-76-32-34-78-68)60-38-53-23-30-65(49-8-3-9-50(36-49)69-42-77-33-35-79-69)82-73(53)74-59(60)27-31-67(83-74)51-19-24-54-57-10-4-6-45-7-5-11-58(70(45)57)61(54)37-51/h3-42H,1-2H3. The van der Waals surface area contributed by atoms with Gasteiger partial charge in [0, 0.05) is 85.1 Å². The lowest BCUT2D eigenvalue weighted by Crippen LogP contribution is -2.15. The van der Waals surface area contributed by atoms with E-state index in [9.17, 15) is 0 Å². The number of benzene rings is 9. The number of rotatable bonds is 7. The smallest absolute Gasteiger partial charge is 0.0978 e. The zero-order valence-corrected chi connectivity index (χ0v) is 45.2. The van der Waals surface area contributed by atoms with E-state index in [2.05, 4.69) is 240 Å². The predicted molar refractivity (Wildman–Crippen MR) is 336 cm³/mol. The van der Waals surface area contributed by atoms with E-state index in [1.54, 1.807) is 37.2 Å². The van der Waals surface area contributed by atoms with Crippen molar-refractivity contribution in [2.45, 2.75) is 19.3 Å². The Bertz CT molecular complexity index is 5230. The van der Waals surface area contributed by atoms with Crippen molar-refractivity contribution < 1.29 is 0 Å². The Balaban J connectivity index is 0.754. The quantitative estimate of drug-likeness (QED) is 0.145. The van der Waals surface area contributed by atoms with Crippen LogP contribution in [-0.4, -0.2) is 39.9 Å². The molecule has 386 valence electrons. The number of hydrogen-bond donors (Lipinski definition) is 0. The molecule has 0 unspecified atom stereocenters. The molecule has 0 atom stereocenters. The van der Waals surface area contributed by atoms with E-state index in [4.69, 9.17) is 19.9 Å². The highest BCUT2D eigenvalue weighted by molar-refractivity contribution is 6.16. The van der Waals surface area contributed by atoms with E-state index < -0.39 is 0 Å². The summed E-state index contributed by atoms with van der Waals surface area (Å²) in [6.07, 6.45) is 10.4. The maximum atomic E-state index is 5.63. The maximum Gasteiger partial charge on any atom is 0.0978 e. The Morgan fingerprint density at radius 3 is 1.37 bits per heavy atom. The minimum Gasteiger partial charge on any atom is -0.261 e. The second-order valence-electron chi connectivity index (χ2n) is 22.3. The molecule has 0 saturated heterocycles. The molecule has 0 amide bonds. The number of aromatic nitrogens is 8. The third-order valence-corrected chi connectivity index (χ3v) is 17.3. The zero-order chi connectivity index (χ0) is 54.9. The van der Waals surface area contributed by atoms with Crippen molar-refractivity contribution >= 4 is 54.4 Å². The van der Waals surface area contributed by atoms with Crippen LogP contribution in [-0.2, 0) is 5.41 Å². The molecular formula is C75H46N8. The third kappa shape index (κ3) is 7.46. The minimum atomic E-state index is -0.314. The van der Waals surface area contributed by atoms with E-state index in [1.165, 1.54) is 55.3 Å². The summed E-state index contributed by atoms with van der Waals surface area (Å²) in [5, 5.41) is 6.72. The van der Waals surface area contributed by atoms with Crippen molar-refractivity contribution in [2.75, 3.05) is 0 Å². The minimum absolute atomic E-state index is 0.314. The summed E-state index contributed by atoms with van der Waals surface area (Å²) < 4.78 is 0. The van der Waals surface area contributed by atoms with Gasteiger partial charge in [-0.05, 0) is 127 Å². The number of fused-ring (bicyclic) bond motifs is 12. The van der Waals surface area contributed by atoms with Crippen molar-refractivity contribution in [3.8, 4) is 112 Å². The fourth-order valence-corrected chi connectivity index (χ4v) is 13.1. The van der Waals surface area contributed by atoms with Gasteiger partial charge in [0.1, 0.15) is 0 Å². The van der Waals surface area contributed by atoms with E-state index in [0.717, 1.165) is 122 Å². The second kappa shape index (κ2) is 18.0. The molecule has 15 aromatic rings. The first-order valence-corrected chi connectivity index (χ1v) is 28.0. The van der Waals surface area contributed by atoms with Gasteiger partial charge >= 0.3 is 0 Å². The first kappa shape index (κ1) is 46.9. The summed E-state index contributed by atoms with van der Waals surface area (Å²) in [4.78, 5) is 39.4. The summed E-state index contributed by atoms with van der Waals surface area (Å²) in [7, 11) is 0. The van der Waals surface area contributed by atoms with Crippen LogP contribution >= 0.6 is 0 Å². The summed E-state index contributed by atoms with van der Waals surface area (Å²) in [5.41, 5.74) is 26.8. The normalized spacial score (nSPS) is 12.8. The molecule has 17 rings (SSSR count). The van der Waals surface area contributed by atoms with Gasteiger partial charge in [-0.25, -0.2) is 19.9 Å². The highest BCUT2D eigenvalue weighted by atomic mass is 14.8. The van der Waals surface area contributed by atoms with Crippen molar-refractivity contribution in [1.29, 1.82) is 0 Å². The molecule has 9 aromatic carbocycles. The molecule has 0 spiro atoms. The highest BCUT2D eigenvalue weighted by Gasteiger charge is 2.36. The van der Waals surface area contributed by atoms with Gasteiger partial charge in [-0.2, -0.15) is 0 Å². The second-order valence-corrected chi connectivity index (χ2v) is 22.3. The fraction of sp³-hybridized carbons (Fsp3) is 0.0400. The van der Waals surface area contributed by atoms with Crippen LogP contribution in [0.2, 0.25) is 0 Å². The van der Waals surface area contributed by atoms with Gasteiger partial charge in [0.2, 0.25) is 0 Å². The molecule has 0 aliphatic heterocycles. The molecule has 0 radical (unpaired) electrons. The number of pyridine rings is 4. The molecule has 6 aromatic heterocycles. The van der Waals surface area contributed by atoms with Gasteiger partial charge in [0.25, 0.3) is 0 Å². The Morgan fingerprint density at radius 1 is 0.277 bits per heavy atom. The zero-order valence-electron chi connectivity index (χ0n) is 45.2. The molecule has 2 aliphatic carbocycles. The Hall–Kier alpha value is -11.0. The molecule has 2 aliphatic rings. The summed E-state index contributed by atoms with van der Waals surface area (Å²) >= 11 is 0. The lowest BCUT2D eigenvalue weighted by Gasteiger charge is -2.23. The average molecular weight is 1060 g/mol. The van der Waals surface area contributed by atoms with Gasteiger partial charge in [0.05, 0.1) is 68.6 Å². The summed E-state index contributed by atoms with van der Waals surface area (Å²) in [6.45, 7) is 4.70. The van der Waals surface area contributed by atoms with Crippen LogP contribution in [0.25, 0.3) is 166 Å². The molecular weight excluding hydrogens is 1010 g/mol. The average Bonchev–Trinajstić information content (AvgIpc) is 4.14. The molecule has 6 heterocycles. The van der Waals surface area contributed by atoms with Crippen molar-refractivity contribution in [2.24, 2.45) is 0 Å². The lowest BCUT2D eigenvalue weighted by molar-refractivity contribution is 0.661.